The van der Waals surface area contributed by atoms with Gasteiger partial charge in [0.1, 0.15) is 17.4 Å². The van der Waals surface area contributed by atoms with Gasteiger partial charge in [-0.25, -0.2) is 9.37 Å². The molecule has 0 saturated heterocycles. The quantitative estimate of drug-likeness (QED) is 0.456. The molecule has 4 aromatic rings. The molecule has 0 atom stereocenters. The van der Waals surface area contributed by atoms with Crippen molar-refractivity contribution in [3.05, 3.63) is 60.1 Å². The lowest BCUT2D eigenvalue weighted by Crippen LogP contribution is -2.12. The van der Waals surface area contributed by atoms with Crippen LogP contribution < -0.4 is 0 Å². The molecule has 3 aromatic heterocycles. The van der Waals surface area contributed by atoms with Crippen LogP contribution >= 0.6 is 23.3 Å². The molecule has 144 valence electrons. The first-order valence-corrected chi connectivity index (χ1v) is 10.2. The predicted molar refractivity (Wildman–Crippen MR) is 106 cm³/mol. The monoisotopic (exact) mass is 415 g/mol. The Bertz CT molecular complexity index is 1080. The van der Waals surface area contributed by atoms with Gasteiger partial charge in [0.15, 0.2) is 15.3 Å². The smallest absolute Gasteiger partial charge is 0.199 e. The molecule has 28 heavy (non-hydrogen) atoms. The topological polar surface area (TPSA) is 69.6 Å². The summed E-state index contributed by atoms with van der Waals surface area (Å²) in [6.45, 7) is 6.59. The van der Waals surface area contributed by atoms with Gasteiger partial charge < -0.3 is 4.42 Å². The lowest BCUT2D eigenvalue weighted by molar-refractivity contribution is 0.485. The van der Waals surface area contributed by atoms with Crippen LogP contribution in [-0.4, -0.2) is 24.1 Å². The van der Waals surface area contributed by atoms with E-state index in [2.05, 4.69) is 40.3 Å². The van der Waals surface area contributed by atoms with Crippen LogP contribution in [0.3, 0.4) is 0 Å². The summed E-state index contributed by atoms with van der Waals surface area (Å²) in [5.41, 5.74) is 0.260. The third-order valence-corrected chi connectivity index (χ3v) is 5.72. The predicted octanol–water partition coefficient (Wildman–Crippen LogP) is 5.03. The van der Waals surface area contributed by atoms with Gasteiger partial charge in [-0.3, -0.25) is 4.57 Å². The molecule has 6 nitrogen and oxygen atoms in total. The molecule has 0 radical (unpaired) electrons. The largest absolute Gasteiger partial charge is 0.467 e. The Morgan fingerprint density at radius 2 is 1.96 bits per heavy atom. The first-order valence-electron chi connectivity index (χ1n) is 8.64. The van der Waals surface area contributed by atoms with Gasteiger partial charge in [0.05, 0.1) is 18.4 Å². The van der Waals surface area contributed by atoms with E-state index in [4.69, 9.17) is 4.42 Å². The van der Waals surface area contributed by atoms with Crippen LogP contribution in [0.2, 0.25) is 0 Å². The van der Waals surface area contributed by atoms with Crippen molar-refractivity contribution < 1.29 is 8.81 Å². The second-order valence-corrected chi connectivity index (χ2v) is 9.15. The van der Waals surface area contributed by atoms with Gasteiger partial charge in [0.2, 0.25) is 0 Å². The maximum absolute atomic E-state index is 14.4. The highest BCUT2D eigenvalue weighted by atomic mass is 32.2. The van der Waals surface area contributed by atoms with E-state index in [9.17, 15) is 4.39 Å². The molecule has 0 N–H and O–H groups in total. The summed E-state index contributed by atoms with van der Waals surface area (Å²) in [7, 11) is 0. The molecule has 1 aromatic carbocycles. The first kappa shape index (κ1) is 18.8. The van der Waals surface area contributed by atoms with E-state index in [0.717, 1.165) is 15.9 Å². The molecule has 0 bridgehead atoms. The van der Waals surface area contributed by atoms with Crippen LogP contribution in [0, 0.1) is 5.82 Å². The standard InChI is InChI=1S/C19H18FN5OS2/c1-19(2,3)16-21-18(28-24-16)27-17-23-22-15(13-8-4-5-9-14(13)20)25(17)11-12-7-6-10-26-12/h4-10H,11H2,1-3H3. The number of aromatic nitrogens is 5. The lowest BCUT2D eigenvalue weighted by atomic mass is 9.96. The Hall–Kier alpha value is -2.52. The zero-order chi connectivity index (χ0) is 19.7. The minimum atomic E-state index is -0.349. The van der Waals surface area contributed by atoms with Crippen molar-refractivity contribution >= 4 is 23.3 Å². The zero-order valence-electron chi connectivity index (χ0n) is 15.6. The lowest BCUT2D eigenvalue weighted by Gasteiger charge is -2.12. The summed E-state index contributed by atoms with van der Waals surface area (Å²) in [5.74, 6) is 1.61. The van der Waals surface area contributed by atoms with Gasteiger partial charge in [0.25, 0.3) is 0 Å². The fraction of sp³-hybridized carbons (Fsp3) is 0.263. The summed E-state index contributed by atoms with van der Waals surface area (Å²) in [5, 5.41) is 9.14. The molecule has 0 amide bonds. The van der Waals surface area contributed by atoms with Crippen molar-refractivity contribution in [3.63, 3.8) is 0 Å². The second kappa shape index (κ2) is 7.48. The van der Waals surface area contributed by atoms with E-state index in [0.29, 0.717) is 23.1 Å². The number of rotatable bonds is 5. The highest BCUT2D eigenvalue weighted by Crippen LogP contribution is 2.33. The van der Waals surface area contributed by atoms with Gasteiger partial charge in [-0.05, 0) is 47.6 Å². The highest BCUT2D eigenvalue weighted by molar-refractivity contribution is 8.00. The third-order valence-electron chi connectivity index (χ3n) is 3.98. The van der Waals surface area contributed by atoms with E-state index < -0.39 is 0 Å². The molecular formula is C19H18FN5OS2. The SMILES string of the molecule is CC(C)(C)c1nsc(Sc2nnc(-c3ccccc3F)n2Cc2ccco2)n1. The van der Waals surface area contributed by atoms with E-state index in [1.807, 2.05) is 16.7 Å². The van der Waals surface area contributed by atoms with Crippen molar-refractivity contribution in [2.75, 3.05) is 0 Å². The average Bonchev–Trinajstić information content (AvgIpc) is 3.38. The third kappa shape index (κ3) is 3.85. The normalized spacial score (nSPS) is 11.9. The molecule has 9 heteroatoms. The zero-order valence-corrected chi connectivity index (χ0v) is 17.2. The van der Waals surface area contributed by atoms with E-state index in [1.54, 1.807) is 24.5 Å². The summed E-state index contributed by atoms with van der Waals surface area (Å²) < 4.78 is 26.9. The molecular weight excluding hydrogens is 397 g/mol. The van der Waals surface area contributed by atoms with Crippen molar-refractivity contribution in [2.45, 2.75) is 42.2 Å². The fourth-order valence-electron chi connectivity index (χ4n) is 2.54. The Labute approximate surface area is 170 Å². The highest BCUT2D eigenvalue weighted by Gasteiger charge is 2.23. The van der Waals surface area contributed by atoms with Crippen molar-refractivity contribution in [3.8, 4) is 11.4 Å². The van der Waals surface area contributed by atoms with E-state index in [-0.39, 0.29) is 11.2 Å². The molecule has 0 fully saturated rings. The molecule has 0 spiro atoms. The van der Waals surface area contributed by atoms with Gasteiger partial charge >= 0.3 is 0 Å². The maximum atomic E-state index is 14.4. The molecule has 0 aliphatic heterocycles. The minimum Gasteiger partial charge on any atom is -0.467 e. The summed E-state index contributed by atoms with van der Waals surface area (Å²) in [6, 6.07) is 10.2. The summed E-state index contributed by atoms with van der Waals surface area (Å²) >= 11 is 2.68. The molecule has 0 aliphatic rings. The number of halogens is 1. The molecule has 4 rings (SSSR count). The van der Waals surface area contributed by atoms with Gasteiger partial charge in [0, 0.05) is 5.41 Å². The molecule has 0 aliphatic carbocycles. The summed E-state index contributed by atoms with van der Waals surface area (Å²) in [4.78, 5) is 4.61. The Kier molecular flexibility index (Phi) is 5.03. The number of benzene rings is 1. The second-order valence-electron chi connectivity index (χ2n) is 7.19. The first-order chi connectivity index (χ1) is 13.4. The van der Waals surface area contributed by atoms with Crippen LogP contribution in [-0.2, 0) is 12.0 Å². The van der Waals surface area contributed by atoms with Crippen LogP contribution in [0.15, 0.2) is 56.6 Å². The summed E-state index contributed by atoms with van der Waals surface area (Å²) in [6.07, 6.45) is 1.61. The van der Waals surface area contributed by atoms with Gasteiger partial charge in [-0.2, -0.15) is 4.37 Å². The van der Waals surface area contributed by atoms with E-state index >= 15 is 0 Å². The van der Waals surface area contributed by atoms with E-state index in [1.165, 1.54) is 29.4 Å². The average molecular weight is 416 g/mol. The Balaban J connectivity index is 1.73. The fourth-order valence-corrected chi connectivity index (χ4v) is 4.26. The Morgan fingerprint density at radius 1 is 1.14 bits per heavy atom. The minimum absolute atomic E-state index is 0.129. The maximum Gasteiger partial charge on any atom is 0.199 e. The van der Waals surface area contributed by atoms with Crippen LogP contribution in [0.4, 0.5) is 4.39 Å². The molecule has 3 heterocycles. The van der Waals surface area contributed by atoms with Gasteiger partial charge in [-0.1, -0.05) is 32.9 Å². The number of hydrogen-bond donors (Lipinski definition) is 0. The Morgan fingerprint density at radius 3 is 2.64 bits per heavy atom. The van der Waals surface area contributed by atoms with Crippen LogP contribution in [0.25, 0.3) is 11.4 Å². The van der Waals surface area contributed by atoms with Crippen molar-refractivity contribution in [2.24, 2.45) is 0 Å². The molecule has 0 saturated carbocycles. The number of furan rings is 1. The van der Waals surface area contributed by atoms with Crippen LogP contribution in [0.1, 0.15) is 32.4 Å². The molecule has 0 unspecified atom stereocenters. The number of nitrogens with zero attached hydrogens (tertiary/aromatic N) is 5. The van der Waals surface area contributed by atoms with Gasteiger partial charge in [-0.15, -0.1) is 10.2 Å². The number of hydrogen-bond acceptors (Lipinski definition) is 7. The van der Waals surface area contributed by atoms with Crippen molar-refractivity contribution in [1.82, 2.24) is 24.1 Å². The van der Waals surface area contributed by atoms with Crippen molar-refractivity contribution in [1.29, 1.82) is 0 Å². The van der Waals surface area contributed by atoms with Crippen LogP contribution in [0.5, 0.6) is 0 Å².